The van der Waals surface area contributed by atoms with Crippen LogP contribution < -0.4 is 14.8 Å². The Labute approximate surface area is 155 Å². The first kappa shape index (κ1) is 20.0. The Balaban J connectivity index is 1.87. The molecule has 2 aromatic rings. The van der Waals surface area contributed by atoms with E-state index in [2.05, 4.69) is 5.32 Å². The molecule has 1 atom stereocenters. The van der Waals surface area contributed by atoms with E-state index in [4.69, 9.17) is 9.47 Å². The zero-order chi connectivity index (χ0) is 19.1. The van der Waals surface area contributed by atoms with Gasteiger partial charge in [0.2, 0.25) is 5.91 Å². The Morgan fingerprint density at radius 1 is 1.12 bits per heavy atom. The Hall–Kier alpha value is -2.28. The molecule has 0 aliphatic rings. The second-order valence-electron chi connectivity index (χ2n) is 5.55. The number of rotatable bonds is 8. The Bertz CT molecular complexity index is 750. The van der Waals surface area contributed by atoms with Crippen molar-refractivity contribution in [3.8, 4) is 11.5 Å². The van der Waals surface area contributed by atoms with Crippen molar-refractivity contribution in [1.29, 1.82) is 0 Å². The van der Waals surface area contributed by atoms with Crippen molar-refractivity contribution in [3.63, 3.8) is 0 Å². The van der Waals surface area contributed by atoms with Gasteiger partial charge >= 0.3 is 0 Å². The maximum atomic E-state index is 13.8. The largest absolute Gasteiger partial charge is 0.493 e. The highest BCUT2D eigenvalue weighted by atomic mass is 32.2. The molecular weight excluding hydrogens is 360 g/mol. The second-order valence-corrected chi connectivity index (χ2v) is 6.88. The lowest BCUT2D eigenvalue weighted by Crippen LogP contribution is -2.25. The number of ether oxygens (including phenoxy) is 2. The second kappa shape index (κ2) is 9.43. The van der Waals surface area contributed by atoms with Gasteiger partial charge in [-0.1, -0.05) is 12.1 Å². The van der Waals surface area contributed by atoms with Crippen LogP contribution in [0.2, 0.25) is 0 Å². The SMILES string of the molecule is COc1ccc(CNC(=O)CSC(C)c2c(F)cccc2F)cc1OC. The van der Waals surface area contributed by atoms with E-state index in [1.54, 1.807) is 33.3 Å². The molecule has 2 aromatic carbocycles. The smallest absolute Gasteiger partial charge is 0.230 e. The van der Waals surface area contributed by atoms with Crippen LogP contribution in [0.4, 0.5) is 8.78 Å². The summed E-state index contributed by atoms with van der Waals surface area (Å²) in [6.07, 6.45) is 0. The molecule has 0 saturated carbocycles. The zero-order valence-corrected chi connectivity index (χ0v) is 15.7. The van der Waals surface area contributed by atoms with Crippen molar-refractivity contribution in [3.05, 3.63) is 59.2 Å². The Morgan fingerprint density at radius 3 is 2.38 bits per heavy atom. The van der Waals surface area contributed by atoms with Gasteiger partial charge < -0.3 is 14.8 Å². The van der Waals surface area contributed by atoms with Crippen molar-refractivity contribution >= 4 is 17.7 Å². The lowest BCUT2D eigenvalue weighted by Gasteiger charge is -2.14. The molecular formula is C19H21F2NO3S. The predicted molar refractivity (Wildman–Crippen MR) is 98.6 cm³/mol. The van der Waals surface area contributed by atoms with E-state index < -0.39 is 16.9 Å². The van der Waals surface area contributed by atoms with Crippen molar-refractivity contribution < 1.29 is 23.0 Å². The van der Waals surface area contributed by atoms with Gasteiger partial charge in [0, 0.05) is 17.4 Å². The molecule has 0 aromatic heterocycles. The molecule has 1 amide bonds. The first-order valence-electron chi connectivity index (χ1n) is 7.99. The minimum Gasteiger partial charge on any atom is -0.493 e. The summed E-state index contributed by atoms with van der Waals surface area (Å²) in [5.74, 6) is -0.126. The molecule has 26 heavy (non-hydrogen) atoms. The summed E-state index contributed by atoms with van der Waals surface area (Å²) in [7, 11) is 3.09. The van der Waals surface area contributed by atoms with Crippen molar-refractivity contribution in [2.24, 2.45) is 0 Å². The molecule has 7 heteroatoms. The molecule has 140 valence electrons. The number of hydrogen-bond acceptors (Lipinski definition) is 4. The van der Waals surface area contributed by atoms with Crippen LogP contribution >= 0.6 is 11.8 Å². The molecule has 4 nitrogen and oxygen atoms in total. The minimum absolute atomic E-state index is 0.00908. The van der Waals surface area contributed by atoms with Crippen molar-refractivity contribution in [2.45, 2.75) is 18.7 Å². The molecule has 0 fully saturated rings. The summed E-state index contributed by atoms with van der Waals surface area (Å²) in [6, 6.07) is 9.12. The molecule has 2 rings (SSSR count). The van der Waals surface area contributed by atoms with Crippen LogP contribution in [-0.2, 0) is 11.3 Å². The number of thioether (sulfide) groups is 1. The first-order chi connectivity index (χ1) is 12.5. The van der Waals surface area contributed by atoms with Crippen molar-refractivity contribution in [2.75, 3.05) is 20.0 Å². The fourth-order valence-electron chi connectivity index (χ4n) is 2.43. The van der Waals surface area contributed by atoms with Crippen LogP contribution in [0.5, 0.6) is 11.5 Å². The quantitative estimate of drug-likeness (QED) is 0.748. The fourth-order valence-corrected chi connectivity index (χ4v) is 3.32. The number of carbonyl (C=O) groups excluding carboxylic acids is 1. The number of hydrogen-bond donors (Lipinski definition) is 1. The number of nitrogens with one attached hydrogen (secondary N) is 1. The standard InChI is InChI=1S/C19H21F2NO3S/c1-12(19-14(20)5-4-6-15(19)21)26-11-18(23)22-10-13-7-8-16(24-2)17(9-13)25-3/h4-9,12H,10-11H2,1-3H3,(H,22,23). The highest BCUT2D eigenvalue weighted by Crippen LogP contribution is 2.32. The van der Waals surface area contributed by atoms with Crippen LogP contribution in [0.25, 0.3) is 0 Å². The molecule has 0 radical (unpaired) electrons. The first-order valence-corrected chi connectivity index (χ1v) is 9.04. The topological polar surface area (TPSA) is 47.6 Å². The number of amides is 1. The van der Waals surface area contributed by atoms with Crippen molar-refractivity contribution in [1.82, 2.24) is 5.32 Å². The van der Waals surface area contributed by atoms with Gasteiger partial charge in [-0.15, -0.1) is 11.8 Å². The predicted octanol–water partition coefficient (Wildman–Crippen LogP) is 4.09. The van der Waals surface area contributed by atoms with Crippen LogP contribution in [-0.4, -0.2) is 25.9 Å². The van der Waals surface area contributed by atoms with Gasteiger partial charge in [-0.2, -0.15) is 0 Å². The number of carbonyl (C=O) groups is 1. The average Bonchev–Trinajstić information content (AvgIpc) is 2.64. The fraction of sp³-hybridized carbons (Fsp3) is 0.316. The molecule has 0 aliphatic carbocycles. The van der Waals surface area contributed by atoms with E-state index in [0.717, 1.165) is 5.56 Å². The van der Waals surface area contributed by atoms with E-state index in [0.29, 0.717) is 18.0 Å². The minimum atomic E-state index is -0.601. The molecule has 1 N–H and O–H groups in total. The third kappa shape index (κ3) is 5.11. The van der Waals surface area contributed by atoms with Crippen LogP contribution in [0.15, 0.2) is 36.4 Å². The summed E-state index contributed by atoms with van der Waals surface area (Å²) < 4.78 is 37.9. The summed E-state index contributed by atoms with van der Waals surface area (Å²) in [5, 5.41) is 2.31. The van der Waals surface area contributed by atoms with Gasteiger partial charge in [0.05, 0.1) is 20.0 Å². The van der Waals surface area contributed by atoms with Gasteiger partial charge in [0.1, 0.15) is 11.6 Å². The van der Waals surface area contributed by atoms with E-state index in [-0.39, 0.29) is 17.2 Å². The van der Waals surface area contributed by atoms with E-state index in [9.17, 15) is 13.6 Å². The zero-order valence-electron chi connectivity index (χ0n) is 14.8. The molecule has 0 spiro atoms. The van der Waals surface area contributed by atoms with Gasteiger partial charge in [-0.05, 0) is 36.8 Å². The van der Waals surface area contributed by atoms with Crippen LogP contribution in [0, 0.1) is 11.6 Å². The lowest BCUT2D eigenvalue weighted by molar-refractivity contribution is -0.118. The number of halogens is 2. The van der Waals surface area contributed by atoms with E-state index in [1.165, 1.54) is 30.0 Å². The molecule has 0 saturated heterocycles. The number of methoxy groups -OCH3 is 2. The van der Waals surface area contributed by atoms with Gasteiger partial charge in [-0.3, -0.25) is 4.79 Å². The van der Waals surface area contributed by atoms with E-state index in [1.807, 2.05) is 6.07 Å². The van der Waals surface area contributed by atoms with E-state index >= 15 is 0 Å². The summed E-state index contributed by atoms with van der Waals surface area (Å²) in [5.41, 5.74) is 0.847. The maximum Gasteiger partial charge on any atom is 0.230 e. The molecule has 0 bridgehead atoms. The third-order valence-corrected chi connectivity index (χ3v) is 4.97. The summed E-state index contributed by atoms with van der Waals surface area (Å²) in [6.45, 7) is 2.00. The Morgan fingerprint density at radius 2 is 1.77 bits per heavy atom. The highest BCUT2D eigenvalue weighted by Gasteiger charge is 2.17. The molecule has 1 unspecified atom stereocenters. The van der Waals surface area contributed by atoms with Gasteiger partial charge in [0.25, 0.3) is 0 Å². The maximum absolute atomic E-state index is 13.8. The normalized spacial score (nSPS) is 11.7. The summed E-state index contributed by atoms with van der Waals surface area (Å²) >= 11 is 1.18. The van der Waals surface area contributed by atoms with Crippen LogP contribution in [0.1, 0.15) is 23.3 Å². The molecule has 0 heterocycles. The third-order valence-electron chi connectivity index (χ3n) is 3.81. The summed E-state index contributed by atoms with van der Waals surface area (Å²) in [4.78, 5) is 12.0. The van der Waals surface area contributed by atoms with Crippen LogP contribution in [0.3, 0.4) is 0 Å². The Kier molecular flexibility index (Phi) is 7.26. The average molecular weight is 381 g/mol. The monoisotopic (exact) mass is 381 g/mol. The van der Waals surface area contributed by atoms with Gasteiger partial charge in [-0.25, -0.2) is 8.78 Å². The van der Waals surface area contributed by atoms with Gasteiger partial charge in [0.15, 0.2) is 11.5 Å². The highest BCUT2D eigenvalue weighted by molar-refractivity contribution is 8.00. The number of benzene rings is 2. The molecule has 0 aliphatic heterocycles. The lowest BCUT2D eigenvalue weighted by atomic mass is 10.1.